The number of amides is 2. The summed E-state index contributed by atoms with van der Waals surface area (Å²) in [7, 11) is -3.60. The Morgan fingerprint density at radius 3 is 2.32 bits per heavy atom. The minimum atomic E-state index is -3.60. The molecule has 0 aromatic heterocycles. The number of anilines is 1. The van der Waals surface area contributed by atoms with Crippen molar-refractivity contribution in [1.29, 1.82) is 0 Å². The Labute approximate surface area is 163 Å². The molecule has 158 valence electrons. The van der Waals surface area contributed by atoms with Gasteiger partial charge in [-0.1, -0.05) is 26.7 Å². The van der Waals surface area contributed by atoms with E-state index in [9.17, 15) is 31.2 Å². The smallest absolute Gasteiger partial charge is 0.244 e. The average molecular weight is 422 g/mol. The Kier molecular flexibility index (Phi) is 9.44. The van der Waals surface area contributed by atoms with Gasteiger partial charge in [-0.2, -0.15) is 0 Å². The molecule has 10 heteroatoms. The summed E-state index contributed by atoms with van der Waals surface area (Å²) in [6, 6.07) is 1.52. The number of benzene rings is 1. The second-order valence-electron chi connectivity index (χ2n) is 6.39. The SMILES string of the molecule is CCCCCS(=O)(=O)CC(=O)N(CCC)CC(=O)Nc1ccc(F)c(F)c1F. The van der Waals surface area contributed by atoms with E-state index >= 15 is 0 Å². The van der Waals surface area contributed by atoms with Crippen LogP contribution in [0.15, 0.2) is 12.1 Å². The molecule has 0 bridgehead atoms. The summed E-state index contributed by atoms with van der Waals surface area (Å²) < 4.78 is 63.9. The zero-order valence-electron chi connectivity index (χ0n) is 15.9. The van der Waals surface area contributed by atoms with Crippen LogP contribution in [0.25, 0.3) is 0 Å². The monoisotopic (exact) mass is 422 g/mol. The Balaban J connectivity index is 2.76. The van der Waals surface area contributed by atoms with Crippen molar-refractivity contribution in [3.05, 3.63) is 29.6 Å². The molecule has 0 fully saturated rings. The van der Waals surface area contributed by atoms with Gasteiger partial charge in [0.1, 0.15) is 5.75 Å². The summed E-state index contributed by atoms with van der Waals surface area (Å²) in [6.07, 6.45) is 2.49. The standard InChI is InChI=1S/C18H25F3N2O4S/c1-3-5-6-10-28(26,27)12-16(25)23(9-4-2)11-15(24)22-14-8-7-13(19)17(20)18(14)21/h7-8H,3-6,9-12H2,1-2H3,(H,22,24). The van der Waals surface area contributed by atoms with Crippen LogP contribution in [0.5, 0.6) is 0 Å². The van der Waals surface area contributed by atoms with Crippen LogP contribution < -0.4 is 5.32 Å². The lowest BCUT2D eigenvalue weighted by molar-refractivity contribution is -0.132. The van der Waals surface area contributed by atoms with Crippen molar-refractivity contribution in [1.82, 2.24) is 4.90 Å². The van der Waals surface area contributed by atoms with Gasteiger partial charge in [-0.25, -0.2) is 21.6 Å². The number of nitrogens with one attached hydrogen (secondary N) is 1. The topological polar surface area (TPSA) is 83.6 Å². The summed E-state index contributed by atoms with van der Waals surface area (Å²) in [6.45, 7) is 3.25. The first-order valence-electron chi connectivity index (χ1n) is 9.02. The molecule has 1 aromatic carbocycles. The molecule has 0 radical (unpaired) electrons. The molecule has 28 heavy (non-hydrogen) atoms. The van der Waals surface area contributed by atoms with Gasteiger partial charge in [-0.15, -0.1) is 0 Å². The van der Waals surface area contributed by atoms with E-state index in [0.717, 1.165) is 23.8 Å². The minimum absolute atomic E-state index is 0.112. The fourth-order valence-corrected chi connectivity index (χ4v) is 3.82. The predicted molar refractivity (Wildman–Crippen MR) is 100.0 cm³/mol. The van der Waals surface area contributed by atoms with Gasteiger partial charge in [-0.3, -0.25) is 9.59 Å². The van der Waals surface area contributed by atoms with Crippen LogP contribution in [0, 0.1) is 17.5 Å². The summed E-state index contributed by atoms with van der Waals surface area (Å²) in [4.78, 5) is 25.5. The first kappa shape index (κ1) is 23.9. The van der Waals surface area contributed by atoms with E-state index in [4.69, 9.17) is 0 Å². The van der Waals surface area contributed by atoms with E-state index in [-0.39, 0.29) is 12.3 Å². The van der Waals surface area contributed by atoms with Crippen LogP contribution in [0.2, 0.25) is 0 Å². The highest BCUT2D eigenvalue weighted by atomic mass is 32.2. The van der Waals surface area contributed by atoms with Crippen molar-refractivity contribution in [2.24, 2.45) is 0 Å². The van der Waals surface area contributed by atoms with Gasteiger partial charge in [-0.05, 0) is 25.0 Å². The lowest BCUT2D eigenvalue weighted by Gasteiger charge is -2.21. The highest BCUT2D eigenvalue weighted by Gasteiger charge is 2.23. The highest BCUT2D eigenvalue weighted by molar-refractivity contribution is 7.92. The van der Waals surface area contributed by atoms with Crippen LogP contribution >= 0.6 is 0 Å². The predicted octanol–water partition coefficient (Wildman–Crippen LogP) is 2.89. The molecule has 0 spiro atoms. The van der Waals surface area contributed by atoms with Crippen molar-refractivity contribution in [3.8, 4) is 0 Å². The first-order chi connectivity index (χ1) is 13.1. The van der Waals surface area contributed by atoms with E-state index in [1.165, 1.54) is 0 Å². The Hall–Kier alpha value is -2.10. The van der Waals surface area contributed by atoms with Crippen LogP contribution in [0.1, 0.15) is 39.5 Å². The first-order valence-corrected chi connectivity index (χ1v) is 10.8. The Morgan fingerprint density at radius 1 is 1.04 bits per heavy atom. The number of sulfone groups is 1. The molecule has 0 atom stereocenters. The summed E-state index contributed by atoms with van der Waals surface area (Å²) in [5.74, 6) is -7.10. The largest absolute Gasteiger partial charge is 0.333 e. The molecule has 1 aromatic rings. The summed E-state index contributed by atoms with van der Waals surface area (Å²) >= 11 is 0. The van der Waals surface area contributed by atoms with Crippen LogP contribution in [-0.4, -0.2) is 49.7 Å². The summed E-state index contributed by atoms with van der Waals surface area (Å²) in [5.41, 5.74) is -0.569. The van der Waals surface area contributed by atoms with Gasteiger partial charge in [0.05, 0.1) is 18.0 Å². The lowest BCUT2D eigenvalue weighted by Crippen LogP contribution is -2.41. The van der Waals surface area contributed by atoms with Crippen molar-refractivity contribution in [2.45, 2.75) is 39.5 Å². The fraction of sp³-hybridized carbons (Fsp3) is 0.556. The van der Waals surface area contributed by atoms with E-state index < -0.39 is 57.1 Å². The summed E-state index contributed by atoms with van der Waals surface area (Å²) in [5, 5.41) is 2.06. The number of nitrogens with zero attached hydrogens (tertiary/aromatic N) is 1. The van der Waals surface area contributed by atoms with Crippen molar-refractivity contribution >= 4 is 27.3 Å². The number of unbranched alkanes of at least 4 members (excludes halogenated alkanes) is 2. The maximum atomic E-state index is 13.6. The molecular formula is C18H25F3N2O4S. The molecule has 0 aliphatic heterocycles. The molecule has 0 aliphatic rings. The van der Waals surface area contributed by atoms with E-state index in [0.29, 0.717) is 18.9 Å². The molecule has 1 N–H and O–H groups in total. The molecule has 0 saturated carbocycles. The zero-order chi connectivity index (χ0) is 21.3. The Bertz CT molecular complexity index is 800. The van der Waals surface area contributed by atoms with Gasteiger partial charge in [0.15, 0.2) is 27.3 Å². The van der Waals surface area contributed by atoms with E-state index in [1.54, 1.807) is 6.92 Å². The second kappa shape index (κ2) is 11.0. The number of hydrogen-bond acceptors (Lipinski definition) is 4. The third-order valence-electron chi connectivity index (χ3n) is 3.89. The lowest BCUT2D eigenvalue weighted by atomic mass is 10.2. The van der Waals surface area contributed by atoms with Crippen LogP contribution in [0.4, 0.5) is 18.9 Å². The Morgan fingerprint density at radius 2 is 1.71 bits per heavy atom. The fourth-order valence-electron chi connectivity index (χ4n) is 2.47. The third kappa shape index (κ3) is 7.49. The van der Waals surface area contributed by atoms with Crippen molar-refractivity contribution in [3.63, 3.8) is 0 Å². The van der Waals surface area contributed by atoms with E-state index in [2.05, 4.69) is 5.32 Å². The quantitative estimate of drug-likeness (QED) is 0.439. The molecule has 0 aliphatic carbocycles. The minimum Gasteiger partial charge on any atom is -0.333 e. The molecular weight excluding hydrogens is 397 g/mol. The maximum Gasteiger partial charge on any atom is 0.244 e. The average Bonchev–Trinajstić information content (AvgIpc) is 2.61. The van der Waals surface area contributed by atoms with E-state index in [1.807, 2.05) is 6.92 Å². The number of hydrogen-bond donors (Lipinski definition) is 1. The van der Waals surface area contributed by atoms with Gasteiger partial charge in [0, 0.05) is 6.54 Å². The second-order valence-corrected chi connectivity index (χ2v) is 8.57. The van der Waals surface area contributed by atoms with Gasteiger partial charge < -0.3 is 10.2 Å². The van der Waals surface area contributed by atoms with Crippen LogP contribution in [-0.2, 0) is 19.4 Å². The third-order valence-corrected chi connectivity index (χ3v) is 5.49. The number of rotatable bonds is 11. The molecule has 6 nitrogen and oxygen atoms in total. The van der Waals surface area contributed by atoms with Gasteiger partial charge in [0.25, 0.3) is 0 Å². The number of carbonyl (C=O) groups excluding carboxylic acids is 2. The van der Waals surface area contributed by atoms with Crippen LogP contribution in [0.3, 0.4) is 0 Å². The molecule has 0 unspecified atom stereocenters. The molecule has 2 amide bonds. The normalized spacial score (nSPS) is 11.3. The van der Waals surface area contributed by atoms with Gasteiger partial charge in [0.2, 0.25) is 11.8 Å². The highest BCUT2D eigenvalue weighted by Crippen LogP contribution is 2.19. The molecule has 0 saturated heterocycles. The maximum absolute atomic E-state index is 13.6. The van der Waals surface area contributed by atoms with Crippen molar-refractivity contribution in [2.75, 3.05) is 29.9 Å². The number of halogens is 3. The zero-order valence-corrected chi connectivity index (χ0v) is 16.8. The molecule has 1 rings (SSSR count). The van der Waals surface area contributed by atoms with Crippen molar-refractivity contribution < 1.29 is 31.2 Å². The number of carbonyl (C=O) groups is 2. The van der Waals surface area contributed by atoms with Gasteiger partial charge >= 0.3 is 0 Å². The molecule has 0 heterocycles.